The minimum atomic E-state index is 0.196. The zero-order valence-electron chi connectivity index (χ0n) is 10.7. The van der Waals surface area contributed by atoms with Crippen molar-refractivity contribution in [1.29, 1.82) is 0 Å². The van der Waals surface area contributed by atoms with Gasteiger partial charge in [0.15, 0.2) is 0 Å². The Hall–Kier alpha value is -1.64. The van der Waals surface area contributed by atoms with Crippen molar-refractivity contribution in [2.24, 2.45) is 5.84 Å². The molecule has 94 valence electrons. The lowest BCUT2D eigenvalue weighted by Gasteiger charge is -2.21. The summed E-state index contributed by atoms with van der Waals surface area (Å²) in [6, 6.07) is 21.1. The predicted octanol–water partition coefficient (Wildman–Crippen LogP) is 3.38. The molecule has 0 heterocycles. The van der Waals surface area contributed by atoms with Gasteiger partial charge in [0, 0.05) is 6.04 Å². The monoisotopic (exact) mass is 240 g/mol. The highest BCUT2D eigenvalue weighted by Crippen LogP contribution is 2.27. The first-order valence-electron chi connectivity index (χ1n) is 6.37. The molecule has 0 amide bonds. The van der Waals surface area contributed by atoms with Crippen molar-refractivity contribution >= 4 is 0 Å². The summed E-state index contributed by atoms with van der Waals surface area (Å²) in [5, 5.41) is 0. The van der Waals surface area contributed by atoms with Crippen molar-refractivity contribution in [1.82, 2.24) is 5.43 Å². The molecule has 2 nitrogen and oxygen atoms in total. The van der Waals surface area contributed by atoms with Crippen LogP contribution in [0.2, 0.25) is 0 Å². The Morgan fingerprint density at radius 3 is 1.89 bits per heavy atom. The van der Waals surface area contributed by atoms with E-state index in [0.717, 1.165) is 6.42 Å². The molecule has 0 unspecified atom stereocenters. The van der Waals surface area contributed by atoms with E-state index in [0.29, 0.717) is 5.92 Å². The zero-order chi connectivity index (χ0) is 12.8. The van der Waals surface area contributed by atoms with Gasteiger partial charge in [-0.05, 0) is 23.5 Å². The maximum atomic E-state index is 5.68. The van der Waals surface area contributed by atoms with Crippen LogP contribution in [-0.2, 0) is 0 Å². The van der Waals surface area contributed by atoms with Crippen molar-refractivity contribution in [3.05, 3.63) is 71.8 Å². The number of benzene rings is 2. The first-order chi connectivity index (χ1) is 8.81. The quantitative estimate of drug-likeness (QED) is 0.621. The SMILES string of the molecule is C[C@@H](C[C@@H](NN)c1ccccc1)c1ccccc1. The zero-order valence-corrected chi connectivity index (χ0v) is 10.7. The minimum Gasteiger partial charge on any atom is -0.271 e. The van der Waals surface area contributed by atoms with Crippen LogP contribution in [0.1, 0.15) is 36.4 Å². The highest BCUT2D eigenvalue weighted by molar-refractivity contribution is 5.22. The van der Waals surface area contributed by atoms with Crippen LogP contribution < -0.4 is 11.3 Å². The van der Waals surface area contributed by atoms with Gasteiger partial charge in [-0.25, -0.2) is 0 Å². The maximum Gasteiger partial charge on any atom is 0.0465 e. The lowest BCUT2D eigenvalue weighted by Crippen LogP contribution is -2.29. The van der Waals surface area contributed by atoms with E-state index in [1.54, 1.807) is 0 Å². The molecule has 0 spiro atoms. The predicted molar refractivity (Wildman–Crippen MR) is 76.0 cm³/mol. The normalized spacial score (nSPS) is 14.1. The van der Waals surface area contributed by atoms with E-state index in [1.165, 1.54) is 11.1 Å². The first-order valence-corrected chi connectivity index (χ1v) is 6.37. The Labute approximate surface area is 109 Å². The molecule has 2 aromatic carbocycles. The summed E-state index contributed by atoms with van der Waals surface area (Å²) >= 11 is 0. The highest BCUT2D eigenvalue weighted by atomic mass is 15.2. The van der Waals surface area contributed by atoms with Gasteiger partial charge in [0.2, 0.25) is 0 Å². The molecule has 3 N–H and O–H groups in total. The van der Waals surface area contributed by atoms with E-state index >= 15 is 0 Å². The average molecular weight is 240 g/mol. The van der Waals surface area contributed by atoms with Crippen molar-refractivity contribution in [2.75, 3.05) is 0 Å². The molecule has 0 aliphatic carbocycles. The van der Waals surface area contributed by atoms with E-state index < -0.39 is 0 Å². The molecule has 0 saturated carbocycles. The summed E-state index contributed by atoms with van der Waals surface area (Å²) < 4.78 is 0. The number of nitrogens with one attached hydrogen (secondary N) is 1. The van der Waals surface area contributed by atoms with Crippen molar-refractivity contribution < 1.29 is 0 Å². The Kier molecular flexibility index (Phi) is 4.51. The topological polar surface area (TPSA) is 38.0 Å². The second-order valence-corrected chi connectivity index (χ2v) is 4.68. The Bertz CT molecular complexity index is 453. The maximum absolute atomic E-state index is 5.68. The van der Waals surface area contributed by atoms with Crippen LogP contribution >= 0.6 is 0 Å². The van der Waals surface area contributed by atoms with Crippen LogP contribution in [0.5, 0.6) is 0 Å². The highest BCUT2D eigenvalue weighted by Gasteiger charge is 2.14. The molecule has 2 aromatic rings. The third kappa shape index (κ3) is 3.19. The van der Waals surface area contributed by atoms with E-state index in [2.05, 4.69) is 48.7 Å². The Balaban J connectivity index is 2.07. The fraction of sp³-hybridized carbons (Fsp3) is 0.250. The van der Waals surface area contributed by atoms with Gasteiger partial charge in [-0.1, -0.05) is 67.6 Å². The van der Waals surface area contributed by atoms with Crippen LogP contribution in [-0.4, -0.2) is 0 Å². The summed E-state index contributed by atoms with van der Waals surface area (Å²) in [5.74, 6) is 6.16. The first kappa shape index (κ1) is 12.8. The van der Waals surface area contributed by atoms with Crippen molar-refractivity contribution in [2.45, 2.75) is 25.3 Å². The van der Waals surface area contributed by atoms with E-state index in [4.69, 9.17) is 5.84 Å². The van der Waals surface area contributed by atoms with Gasteiger partial charge in [0.1, 0.15) is 0 Å². The molecule has 0 aromatic heterocycles. The average Bonchev–Trinajstić information content (AvgIpc) is 2.46. The third-order valence-corrected chi connectivity index (χ3v) is 3.36. The number of hydrogen-bond acceptors (Lipinski definition) is 2. The Morgan fingerprint density at radius 1 is 0.889 bits per heavy atom. The van der Waals surface area contributed by atoms with E-state index in [1.807, 2.05) is 24.3 Å². The van der Waals surface area contributed by atoms with Crippen LogP contribution in [0.25, 0.3) is 0 Å². The second kappa shape index (κ2) is 6.34. The molecule has 0 fully saturated rings. The molecular weight excluding hydrogens is 220 g/mol. The van der Waals surface area contributed by atoms with Gasteiger partial charge in [-0.3, -0.25) is 11.3 Å². The molecule has 0 saturated heterocycles. The largest absolute Gasteiger partial charge is 0.271 e. The minimum absolute atomic E-state index is 0.196. The fourth-order valence-corrected chi connectivity index (χ4v) is 2.26. The fourth-order valence-electron chi connectivity index (χ4n) is 2.26. The van der Waals surface area contributed by atoms with E-state index in [-0.39, 0.29) is 6.04 Å². The number of hydrogen-bond donors (Lipinski definition) is 2. The number of rotatable bonds is 5. The third-order valence-electron chi connectivity index (χ3n) is 3.36. The van der Waals surface area contributed by atoms with Crippen LogP contribution in [0.4, 0.5) is 0 Å². The lowest BCUT2D eigenvalue weighted by atomic mass is 9.91. The van der Waals surface area contributed by atoms with Gasteiger partial charge in [-0.2, -0.15) is 0 Å². The smallest absolute Gasteiger partial charge is 0.0465 e. The standard InChI is InChI=1S/C16H20N2/c1-13(14-8-4-2-5-9-14)12-16(18-17)15-10-6-3-7-11-15/h2-11,13,16,18H,12,17H2,1H3/t13-,16+/m0/s1. The van der Waals surface area contributed by atoms with E-state index in [9.17, 15) is 0 Å². The molecule has 0 aliphatic heterocycles. The number of nitrogens with two attached hydrogens (primary N) is 1. The van der Waals surface area contributed by atoms with Gasteiger partial charge in [0.25, 0.3) is 0 Å². The van der Waals surface area contributed by atoms with Gasteiger partial charge < -0.3 is 0 Å². The van der Waals surface area contributed by atoms with Crippen molar-refractivity contribution in [3.63, 3.8) is 0 Å². The van der Waals surface area contributed by atoms with Crippen LogP contribution in [0.3, 0.4) is 0 Å². The van der Waals surface area contributed by atoms with Crippen LogP contribution in [0, 0.1) is 0 Å². The van der Waals surface area contributed by atoms with Gasteiger partial charge in [-0.15, -0.1) is 0 Å². The summed E-state index contributed by atoms with van der Waals surface area (Å²) in [5.41, 5.74) is 5.51. The molecule has 0 aliphatic rings. The molecule has 18 heavy (non-hydrogen) atoms. The molecule has 2 rings (SSSR count). The number of hydrazine groups is 1. The second-order valence-electron chi connectivity index (χ2n) is 4.68. The molecule has 2 heteroatoms. The summed E-state index contributed by atoms with van der Waals surface area (Å²) in [6.07, 6.45) is 0.991. The van der Waals surface area contributed by atoms with Crippen molar-refractivity contribution in [3.8, 4) is 0 Å². The van der Waals surface area contributed by atoms with Crippen LogP contribution in [0.15, 0.2) is 60.7 Å². The Morgan fingerprint density at radius 2 is 1.39 bits per heavy atom. The lowest BCUT2D eigenvalue weighted by molar-refractivity contribution is 0.477. The molecule has 0 radical (unpaired) electrons. The summed E-state index contributed by atoms with van der Waals surface area (Å²) in [7, 11) is 0. The summed E-state index contributed by atoms with van der Waals surface area (Å²) in [6.45, 7) is 2.24. The molecular formula is C16H20N2. The van der Waals surface area contributed by atoms with Gasteiger partial charge >= 0.3 is 0 Å². The molecule has 0 bridgehead atoms. The summed E-state index contributed by atoms with van der Waals surface area (Å²) in [4.78, 5) is 0. The molecule has 2 atom stereocenters. The van der Waals surface area contributed by atoms with Gasteiger partial charge in [0.05, 0.1) is 0 Å².